The first-order valence-electron chi connectivity index (χ1n) is 3.73. The van der Waals surface area contributed by atoms with Crippen molar-refractivity contribution in [3.63, 3.8) is 0 Å². The van der Waals surface area contributed by atoms with Gasteiger partial charge >= 0.3 is 5.97 Å². The first-order valence-corrected chi connectivity index (χ1v) is 4.11. The van der Waals surface area contributed by atoms with Crippen molar-refractivity contribution in [3.05, 3.63) is 34.3 Å². The van der Waals surface area contributed by atoms with Crippen molar-refractivity contribution in [2.24, 2.45) is 0 Å². The molecule has 1 aromatic rings. The summed E-state index contributed by atoms with van der Waals surface area (Å²) in [6.07, 6.45) is 0.790. The molecule has 0 amide bonds. The van der Waals surface area contributed by atoms with Gasteiger partial charge in [0.25, 0.3) is 0 Å². The minimum atomic E-state index is -0.265. The van der Waals surface area contributed by atoms with Crippen LogP contribution in [0.5, 0.6) is 0 Å². The molecule has 0 unspecified atom stereocenters. The lowest BCUT2D eigenvalue weighted by atomic mass is 10.0. The van der Waals surface area contributed by atoms with Gasteiger partial charge in [-0.15, -0.1) is 0 Å². The molecule has 62 valence electrons. The highest BCUT2D eigenvalue weighted by molar-refractivity contribution is 6.31. The molecule has 0 bridgehead atoms. The van der Waals surface area contributed by atoms with Crippen LogP contribution in [0.4, 0.5) is 0 Å². The van der Waals surface area contributed by atoms with E-state index in [1.54, 1.807) is 12.1 Å². The van der Waals surface area contributed by atoms with Crippen molar-refractivity contribution in [3.8, 4) is 0 Å². The van der Waals surface area contributed by atoms with Gasteiger partial charge < -0.3 is 4.74 Å². The number of hydrogen-bond acceptors (Lipinski definition) is 2. The Labute approximate surface area is 75.1 Å². The van der Waals surface area contributed by atoms with Crippen molar-refractivity contribution < 1.29 is 9.53 Å². The van der Waals surface area contributed by atoms with Crippen LogP contribution in [-0.4, -0.2) is 12.6 Å². The molecule has 0 atom stereocenters. The molecule has 0 aliphatic carbocycles. The number of esters is 1. The summed E-state index contributed by atoms with van der Waals surface area (Å²) < 4.78 is 4.86. The van der Waals surface area contributed by atoms with Gasteiger partial charge in [0.15, 0.2) is 0 Å². The third-order valence-corrected chi connectivity index (χ3v) is 2.13. The van der Waals surface area contributed by atoms with Gasteiger partial charge in [0, 0.05) is 11.4 Å². The third kappa shape index (κ3) is 1.18. The van der Waals surface area contributed by atoms with Crippen molar-refractivity contribution in [2.45, 2.75) is 6.42 Å². The summed E-state index contributed by atoms with van der Waals surface area (Å²) in [5.74, 6) is -0.265. The Hall–Kier alpha value is -1.02. The van der Waals surface area contributed by atoms with E-state index >= 15 is 0 Å². The quantitative estimate of drug-likeness (QED) is 0.574. The predicted molar refractivity (Wildman–Crippen MR) is 45.4 cm³/mol. The maximum absolute atomic E-state index is 11.2. The van der Waals surface area contributed by atoms with Gasteiger partial charge in [0.1, 0.15) is 0 Å². The van der Waals surface area contributed by atoms with Gasteiger partial charge in [-0.05, 0) is 17.7 Å². The summed E-state index contributed by atoms with van der Waals surface area (Å²) in [5.41, 5.74) is 1.63. The highest BCUT2D eigenvalue weighted by Crippen LogP contribution is 2.20. The Morgan fingerprint density at radius 2 is 2.25 bits per heavy atom. The van der Waals surface area contributed by atoms with E-state index in [9.17, 15) is 4.79 Å². The molecule has 0 saturated carbocycles. The molecule has 0 N–H and O–H groups in total. The van der Waals surface area contributed by atoms with Crippen LogP contribution in [-0.2, 0) is 11.2 Å². The zero-order valence-electron chi connectivity index (χ0n) is 6.34. The molecule has 12 heavy (non-hydrogen) atoms. The Balaban J connectivity index is 2.54. The maximum atomic E-state index is 11.2. The fourth-order valence-electron chi connectivity index (χ4n) is 1.29. The number of hydrogen-bond donors (Lipinski definition) is 0. The molecule has 1 aliphatic heterocycles. The van der Waals surface area contributed by atoms with Gasteiger partial charge in [-0.2, -0.15) is 0 Å². The van der Waals surface area contributed by atoms with Crippen LogP contribution in [0.1, 0.15) is 15.9 Å². The molecule has 0 fully saturated rings. The molecule has 0 spiro atoms. The van der Waals surface area contributed by atoms with Crippen molar-refractivity contribution in [1.82, 2.24) is 0 Å². The fourth-order valence-corrected chi connectivity index (χ4v) is 1.46. The van der Waals surface area contributed by atoms with E-state index in [4.69, 9.17) is 16.3 Å². The van der Waals surface area contributed by atoms with Crippen molar-refractivity contribution >= 4 is 17.6 Å². The highest BCUT2D eigenvalue weighted by atomic mass is 35.5. The van der Waals surface area contributed by atoms with E-state index in [2.05, 4.69) is 0 Å². The molecule has 0 saturated heterocycles. The van der Waals surface area contributed by atoms with E-state index in [-0.39, 0.29) is 5.97 Å². The van der Waals surface area contributed by atoms with Crippen molar-refractivity contribution in [1.29, 1.82) is 0 Å². The molecule has 2 rings (SSSR count). The lowest BCUT2D eigenvalue weighted by molar-refractivity contribution is 0.0480. The van der Waals surface area contributed by atoms with Crippen LogP contribution >= 0.6 is 11.6 Å². The first-order chi connectivity index (χ1) is 5.77. The van der Waals surface area contributed by atoms with Crippen molar-refractivity contribution in [2.75, 3.05) is 6.61 Å². The number of ether oxygens (including phenoxy) is 1. The van der Waals surface area contributed by atoms with Crippen LogP contribution in [0.25, 0.3) is 0 Å². The summed E-state index contributed by atoms with van der Waals surface area (Å²) in [5, 5.41) is 0.576. The summed E-state index contributed by atoms with van der Waals surface area (Å²) in [6, 6.07) is 5.31. The summed E-state index contributed by atoms with van der Waals surface area (Å²) in [7, 11) is 0. The fraction of sp³-hybridized carbons (Fsp3) is 0.222. The average Bonchev–Trinajstić information content (AvgIpc) is 2.07. The second-order valence-corrected chi connectivity index (χ2v) is 3.12. The van der Waals surface area contributed by atoms with E-state index < -0.39 is 0 Å². The Morgan fingerprint density at radius 3 is 3.08 bits per heavy atom. The molecule has 3 heteroatoms. The van der Waals surface area contributed by atoms with Gasteiger partial charge in [-0.25, -0.2) is 4.79 Å². The van der Waals surface area contributed by atoms with E-state index in [0.29, 0.717) is 17.2 Å². The number of carbonyl (C=O) groups is 1. The zero-order valence-corrected chi connectivity index (χ0v) is 7.10. The SMILES string of the molecule is O=C1OCCc2ccc(Cl)cc21. The summed E-state index contributed by atoms with van der Waals surface area (Å²) >= 11 is 5.73. The largest absolute Gasteiger partial charge is 0.462 e. The second-order valence-electron chi connectivity index (χ2n) is 2.69. The van der Waals surface area contributed by atoms with E-state index in [0.717, 1.165) is 12.0 Å². The number of halogens is 1. The monoisotopic (exact) mass is 182 g/mol. The Morgan fingerprint density at radius 1 is 1.42 bits per heavy atom. The first kappa shape index (κ1) is 7.62. The zero-order chi connectivity index (χ0) is 8.55. The standard InChI is InChI=1S/C9H7ClO2/c10-7-2-1-6-3-4-12-9(11)8(6)5-7/h1-2,5H,3-4H2. The predicted octanol–water partition coefficient (Wildman–Crippen LogP) is 2.05. The Bertz CT molecular complexity index is 333. The molecule has 2 nitrogen and oxygen atoms in total. The summed E-state index contributed by atoms with van der Waals surface area (Å²) in [6.45, 7) is 0.480. The van der Waals surface area contributed by atoms with Gasteiger partial charge in [0.2, 0.25) is 0 Å². The van der Waals surface area contributed by atoms with E-state index in [1.807, 2.05) is 6.07 Å². The lowest BCUT2D eigenvalue weighted by Gasteiger charge is -2.14. The molecule has 1 heterocycles. The number of cyclic esters (lactones) is 1. The number of fused-ring (bicyclic) bond motifs is 1. The topological polar surface area (TPSA) is 26.3 Å². The normalized spacial score (nSPS) is 15.2. The smallest absolute Gasteiger partial charge is 0.338 e. The van der Waals surface area contributed by atoms with Crippen LogP contribution in [0.3, 0.4) is 0 Å². The minimum absolute atomic E-state index is 0.265. The van der Waals surface area contributed by atoms with E-state index in [1.165, 1.54) is 0 Å². The van der Waals surface area contributed by atoms with Gasteiger partial charge in [-0.1, -0.05) is 17.7 Å². The van der Waals surface area contributed by atoms with Gasteiger partial charge in [0.05, 0.1) is 12.2 Å². The number of carbonyl (C=O) groups excluding carboxylic acids is 1. The average molecular weight is 183 g/mol. The molecule has 0 aromatic heterocycles. The highest BCUT2D eigenvalue weighted by Gasteiger charge is 2.17. The Kier molecular flexibility index (Phi) is 1.77. The molecular formula is C9H7ClO2. The second kappa shape index (κ2) is 2.79. The number of benzene rings is 1. The molecular weight excluding hydrogens is 176 g/mol. The maximum Gasteiger partial charge on any atom is 0.338 e. The molecule has 0 radical (unpaired) electrons. The van der Waals surface area contributed by atoms with Crippen LogP contribution < -0.4 is 0 Å². The molecule has 1 aromatic carbocycles. The number of rotatable bonds is 0. The van der Waals surface area contributed by atoms with Gasteiger partial charge in [-0.3, -0.25) is 0 Å². The lowest BCUT2D eigenvalue weighted by Crippen LogP contribution is -2.17. The molecule has 1 aliphatic rings. The van der Waals surface area contributed by atoms with Crippen LogP contribution in [0.15, 0.2) is 18.2 Å². The summed E-state index contributed by atoms with van der Waals surface area (Å²) in [4.78, 5) is 11.2. The third-order valence-electron chi connectivity index (χ3n) is 1.90. The van der Waals surface area contributed by atoms with Crippen LogP contribution in [0.2, 0.25) is 5.02 Å². The minimum Gasteiger partial charge on any atom is -0.462 e. The van der Waals surface area contributed by atoms with Crippen LogP contribution in [0, 0.1) is 0 Å².